The van der Waals surface area contributed by atoms with E-state index in [1.807, 2.05) is 20.8 Å². The number of ether oxygens (including phenoxy) is 2. The molecule has 0 aromatic heterocycles. The smallest absolute Gasteiger partial charge is 0.313 e. The molecule has 0 fully saturated rings. The van der Waals surface area contributed by atoms with Crippen molar-refractivity contribution in [1.29, 1.82) is 0 Å². The molecule has 0 aliphatic heterocycles. The summed E-state index contributed by atoms with van der Waals surface area (Å²) >= 11 is 0. The lowest BCUT2D eigenvalue weighted by atomic mass is 9.99. The minimum Gasteiger partial charge on any atom is -0.514 e. The van der Waals surface area contributed by atoms with Crippen molar-refractivity contribution in [2.45, 2.75) is 91.8 Å². The number of carbonyl (C=O) groups excluding carboxylic acids is 1. The third kappa shape index (κ3) is 15.3. The van der Waals surface area contributed by atoms with Gasteiger partial charge in [-0.3, -0.25) is 4.79 Å². The Labute approximate surface area is 180 Å². The van der Waals surface area contributed by atoms with Crippen molar-refractivity contribution in [3.63, 3.8) is 0 Å². The predicted molar refractivity (Wildman–Crippen MR) is 125 cm³/mol. The predicted octanol–water partition coefficient (Wildman–Crippen LogP) is 6.16. The first-order valence-electron chi connectivity index (χ1n) is 10.6. The molecule has 0 heterocycles. The van der Waals surface area contributed by atoms with Crippen LogP contribution in [0.15, 0.2) is 29.4 Å². The molecule has 0 aliphatic rings. The number of allylic oxidation sites excluding steroid dienone is 1. The number of hydrogen-bond donors (Lipinski definition) is 0. The third-order valence-electron chi connectivity index (χ3n) is 3.56. The van der Waals surface area contributed by atoms with E-state index >= 15 is 0 Å². The summed E-state index contributed by atoms with van der Waals surface area (Å²) in [7, 11) is -3.71. The lowest BCUT2D eigenvalue weighted by Crippen LogP contribution is -2.33. The molecule has 7 heteroatoms. The van der Waals surface area contributed by atoms with Crippen LogP contribution in [-0.2, 0) is 23.1 Å². The van der Waals surface area contributed by atoms with Gasteiger partial charge >= 0.3 is 11.9 Å². The molecular weight excluding hydrogens is 400 g/mol. The molecule has 1 atom stereocenters. The Hall–Kier alpha value is -1.28. The summed E-state index contributed by atoms with van der Waals surface area (Å²) in [6.45, 7) is 23.4. The lowest BCUT2D eigenvalue weighted by Gasteiger charge is -2.28. The van der Waals surface area contributed by atoms with Gasteiger partial charge in [0.25, 0.3) is 0 Å². The molecule has 0 radical (unpaired) electrons. The van der Waals surface area contributed by atoms with E-state index in [9.17, 15) is 4.79 Å². The Morgan fingerprint density at radius 1 is 0.931 bits per heavy atom. The summed E-state index contributed by atoms with van der Waals surface area (Å²) in [5.41, 5.74) is 5.33. The molecule has 0 aromatic rings. The molecule has 0 saturated heterocycles. The molecule has 0 saturated carbocycles. The lowest BCUT2D eigenvalue weighted by molar-refractivity contribution is -0.143. The van der Waals surface area contributed by atoms with E-state index in [1.54, 1.807) is 0 Å². The Bertz CT molecular complexity index is 593. The van der Waals surface area contributed by atoms with E-state index in [1.165, 1.54) is 0 Å². The first-order chi connectivity index (χ1) is 13.3. The van der Waals surface area contributed by atoms with E-state index in [4.69, 9.17) is 18.3 Å². The molecule has 29 heavy (non-hydrogen) atoms. The first kappa shape index (κ1) is 27.7. The van der Waals surface area contributed by atoms with E-state index < -0.39 is 16.6 Å². The molecule has 0 aromatic carbocycles. The van der Waals surface area contributed by atoms with Gasteiger partial charge in [0.1, 0.15) is 0 Å². The van der Waals surface area contributed by atoms with E-state index in [0.717, 1.165) is 24.0 Å². The maximum absolute atomic E-state index is 12.0. The Kier molecular flexibility index (Phi) is 12.5. The van der Waals surface area contributed by atoms with Crippen LogP contribution in [0.4, 0.5) is 0 Å². The van der Waals surface area contributed by atoms with Crippen molar-refractivity contribution in [2.24, 2.45) is 0 Å². The van der Waals surface area contributed by atoms with Crippen LogP contribution in [0.3, 0.4) is 0 Å². The summed E-state index contributed by atoms with van der Waals surface area (Å²) in [6, 6.07) is 0. The van der Waals surface area contributed by atoms with Crippen LogP contribution in [0, 0.1) is 0 Å². The molecule has 0 bridgehead atoms. The number of hydrogen-bond acceptors (Lipinski definition) is 5. The van der Waals surface area contributed by atoms with E-state index in [0.29, 0.717) is 25.6 Å². The number of esters is 1. The molecule has 1 unspecified atom stereocenters. The zero-order valence-corrected chi connectivity index (χ0v) is 22.1. The van der Waals surface area contributed by atoms with Gasteiger partial charge in [-0.05, 0) is 85.0 Å². The Morgan fingerprint density at radius 2 is 1.52 bits per heavy atom. The monoisotopic (exact) mass is 442 g/mol. The summed E-state index contributed by atoms with van der Waals surface area (Å²) < 4.78 is 23.4. The highest BCUT2D eigenvalue weighted by atomic mass is 28.4. The van der Waals surface area contributed by atoms with Crippen molar-refractivity contribution in [2.75, 3.05) is 13.2 Å². The van der Waals surface area contributed by atoms with Crippen molar-refractivity contribution in [1.82, 2.24) is 0 Å². The molecular formula is C22H42O5Si2. The summed E-state index contributed by atoms with van der Waals surface area (Å²) in [4.78, 5) is 12.0. The second kappa shape index (κ2) is 13.1. The highest BCUT2D eigenvalue weighted by Crippen LogP contribution is 2.24. The Morgan fingerprint density at radius 3 is 1.97 bits per heavy atom. The van der Waals surface area contributed by atoms with Crippen LogP contribution in [-0.4, -0.2) is 41.9 Å². The Balaban J connectivity index is 6.09. The second-order valence-corrected chi connectivity index (χ2v) is 18.0. The maximum Gasteiger partial charge on any atom is 0.313 e. The molecule has 0 aliphatic carbocycles. The van der Waals surface area contributed by atoms with Gasteiger partial charge < -0.3 is 18.3 Å². The first-order valence-corrected chi connectivity index (χ1v) is 17.4. The van der Waals surface area contributed by atoms with Crippen LogP contribution in [0.1, 0.15) is 46.5 Å². The zero-order valence-electron chi connectivity index (χ0n) is 20.1. The van der Waals surface area contributed by atoms with Gasteiger partial charge in [-0.25, -0.2) is 0 Å². The summed E-state index contributed by atoms with van der Waals surface area (Å²) in [6.07, 6.45) is 2.25. The van der Waals surface area contributed by atoms with Crippen LogP contribution < -0.4 is 0 Å². The highest BCUT2D eigenvalue weighted by molar-refractivity contribution is 6.70. The average Bonchev–Trinajstić information content (AvgIpc) is 2.53. The van der Waals surface area contributed by atoms with E-state index in [-0.39, 0.29) is 18.5 Å². The van der Waals surface area contributed by atoms with E-state index in [2.05, 4.69) is 51.6 Å². The SMILES string of the molecule is C=C(C)CCC(O[Si](C)(C)C)C(=C=C(OCC)O[Si](C)(C)C)CCC(=O)OCC. The minimum absolute atomic E-state index is 0.159. The zero-order chi connectivity index (χ0) is 22.7. The fourth-order valence-electron chi connectivity index (χ4n) is 2.51. The van der Waals surface area contributed by atoms with Crippen molar-refractivity contribution >= 4 is 22.6 Å². The molecule has 5 nitrogen and oxygen atoms in total. The third-order valence-corrected chi connectivity index (χ3v) is 5.35. The summed E-state index contributed by atoms with van der Waals surface area (Å²) in [5.74, 6) is 0.174. The number of carbonyl (C=O) groups is 1. The fourth-order valence-corrected chi connectivity index (χ4v) is 4.29. The molecule has 0 N–H and O–H groups in total. The van der Waals surface area contributed by atoms with Gasteiger partial charge in [0.05, 0.1) is 19.3 Å². The second-order valence-electron chi connectivity index (χ2n) is 9.10. The quantitative estimate of drug-likeness (QED) is 0.106. The van der Waals surface area contributed by atoms with Crippen molar-refractivity contribution in [3.8, 4) is 0 Å². The van der Waals surface area contributed by atoms with Gasteiger partial charge in [0.15, 0.2) is 8.32 Å². The molecule has 168 valence electrons. The van der Waals surface area contributed by atoms with Gasteiger partial charge in [-0.15, -0.1) is 6.58 Å². The van der Waals surface area contributed by atoms with Gasteiger partial charge in [-0.2, -0.15) is 0 Å². The maximum atomic E-state index is 12.0. The number of rotatable bonds is 14. The van der Waals surface area contributed by atoms with Gasteiger partial charge in [-0.1, -0.05) is 5.57 Å². The van der Waals surface area contributed by atoms with Gasteiger partial charge in [0.2, 0.25) is 8.32 Å². The van der Waals surface area contributed by atoms with Crippen LogP contribution in [0.2, 0.25) is 39.3 Å². The summed E-state index contributed by atoms with van der Waals surface area (Å²) in [5, 5.41) is 0. The van der Waals surface area contributed by atoms with Crippen LogP contribution in [0.25, 0.3) is 0 Å². The normalized spacial score (nSPS) is 12.6. The molecule has 0 spiro atoms. The largest absolute Gasteiger partial charge is 0.514 e. The van der Waals surface area contributed by atoms with Crippen LogP contribution >= 0.6 is 0 Å². The molecule has 0 rings (SSSR count). The van der Waals surface area contributed by atoms with Crippen molar-refractivity contribution < 1.29 is 23.1 Å². The standard InChI is InChI=1S/C22H42O5Si2/c1-11-24-21(23)16-14-19(17-22(25-12-2)27-29(8,9)10)20(15-13-18(3)4)26-28(5,6)7/h20H,3,11-16H2,1-2,4-10H3. The van der Waals surface area contributed by atoms with Crippen molar-refractivity contribution in [3.05, 3.63) is 29.4 Å². The van der Waals surface area contributed by atoms with Crippen LogP contribution in [0.5, 0.6) is 0 Å². The van der Waals surface area contributed by atoms with Gasteiger partial charge in [0, 0.05) is 12.0 Å². The average molecular weight is 443 g/mol. The topological polar surface area (TPSA) is 54.0 Å². The minimum atomic E-state index is -1.88. The molecule has 0 amide bonds. The highest BCUT2D eigenvalue weighted by Gasteiger charge is 2.26. The fraction of sp³-hybridized carbons (Fsp3) is 0.727.